The Morgan fingerprint density at radius 3 is 2.52 bits per heavy atom. The standard InChI is InChI=1S/C16H17BrClNO2/c1-20-15-9-11(7-13(18)16(15)21-2)14(19)8-10-5-3-4-6-12(10)17/h3-7,9,14H,8,19H2,1-2H3. The lowest BCUT2D eigenvalue weighted by Crippen LogP contribution is -2.14. The van der Waals surface area contributed by atoms with Crippen molar-refractivity contribution in [2.45, 2.75) is 12.5 Å². The van der Waals surface area contributed by atoms with Crippen LogP contribution < -0.4 is 15.2 Å². The number of rotatable bonds is 5. The first-order valence-corrected chi connectivity index (χ1v) is 7.64. The summed E-state index contributed by atoms with van der Waals surface area (Å²) in [6.07, 6.45) is 0.702. The number of benzene rings is 2. The molecule has 0 heterocycles. The molecule has 0 spiro atoms. The van der Waals surface area contributed by atoms with Gasteiger partial charge in [-0.15, -0.1) is 0 Å². The minimum atomic E-state index is -0.180. The topological polar surface area (TPSA) is 44.5 Å². The highest BCUT2D eigenvalue weighted by Gasteiger charge is 2.16. The van der Waals surface area contributed by atoms with Gasteiger partial charge in [0.15, 0.2) is 11.5 Å². The molecule has 0 saturated carbocycles. The van der Waals surface area contributed by atoms with E-state index < -0.39 is 0 Å². The van der Waals surface area contributed by atoms with E-state index in [1.54, 1.807) is 14.2 Å². The number of nitrogens with two attached hydrogens (primary N) is 1. The van der Waals surface area contributed by atoms with Gasteiger partial charge < -0.3 is 15.2 Å². The van der Waals surface area contributed by atoms with Crippen molar-refractivity contribution in [2.24, 2.45) is 5.73 Å². The molecule has 2 aromatic carbocycles. The predicted octanol–water partition coefficient (Wildman–Crippen LogP) is 4.36. The number of hydrogen-bond acceptors (Lipinski definition) is 3. The second kappa shape index (κ2) is 7.16. The summed E-state index contributed by atoms with van der Waals surface area (Å²) in [7, 11) is 3.14. The van der Waals surface area contributed by atoms with Gasteiger partial charge in [-0.3, -0.25) is 0 Å². The van der Waals surface area contributed by atoms with Gasteiger partial charge in [0.25, 0.3) is 0 Å². The molecular weight excluding hydrogens is 354 g/mol. The van der Waals surface area contributed by atoms with Gasteiger partial charge in [0.2, 0.25) is 0 Å². The third-order valence-electron chi connectivity index (χ3n) is 3.28. The normalized spacial score (nSPS) is 12.0. The molecule has 0 aliphatic rings. The summed E-state index contributed by atoms with van der Waals surface area (Å²) in [5.41, 5.74) is 8.36. The van der Waals surface area contributed by atoms with Crippen molar-refractivity contribution in [3.05, 3.63) is 57.0 Å². The molecule has 112 valence electrons. The molecule has 5 heteroatoms. The number of halogens is 2. The third-order valence-corrected chi connectivity index (χ3v) is 4.34. The van der Waals surface area contributed by atoms with Crippen LogP contribution in [0.2, 0.25) is 5.02 Å². The minimum absolute atomic E-state index is 0.180. The second-order valence-corrected chi connectivity index (χ2v) is 5.90. The maximum absolute atomic E-state index is 6.30. The van der Waals surface area contributed by atoms with Crippen LogP contribution in [-0.2, 0) is 6.42 Å². The molecule has 1 unspecified atom stereocenters. The average Bonchev–Trinajstić information content (AvgIpc) is 2.48. The Bertz CT molecular complexity index is 634. The lowest BCUT2D eigenvalue weighted by atomic mass is 9.99. The van der Waals surface area contributed by atoms with Crippen LogP contribution in [0.15, 0.2) is 40.9 Å². The molecule has 3 nitrogen and oxygen atoms in total. The first-order valence-electron chi connectivity index (χ1n) is 6.47. The van der Waals surface area contributed by atoms with E-state index in [0.29, 0.717) is 22.9 Å². The quantitative estimate of drug-likeness (QED) is 0.850. The lowest BCUT2D eigenvalue weighted by molar-refractivity contribution is 0.354. The Morgan fingerprint density at radius 1 is 1.19 bits per heavy atom. The summed E-state index contributed by atoms with van der Waals surface area (Å²) in [5, 5.41) is 0.495. The maximum Gasteiger partial charge on any atom is 0.179 e. The van der Waals surface area contributed by atoms with Crippen LogP contribution in [0, 0.1) is 0 Å². The zero-order valence-electron chi connectivity index (χ0n) is 11.9. The summed E-state index contributed by atoms with van der Waals surface area (Å²) in [6.45, 7) is 0. The minimum Gasteiger partial charge on any atom is -0.493 e. The van der Waals surface area contributed by atoms with Gasteiger partial charge in [-0.1, -0.05) is 45.7 Å². The Labute approximate surface area is 138 Å². The van der Waals surface area contributed by atoms with Gasteiger partial charge in [-0.25, -0.2) is 0 Å². The number of hydrogen-bond donors (Lipinski definition) is 1. The molecule has 21 heavy (non-hydrogen) atoms. The van der Waals surface area contributed by atoms with Gasteiger partial charge in [0.05, 0.1) is 19.2 Å². The van der Waals surface area contributed by atoms with Crippen LogP contribution in [0.25, 0.3) is 0 Å². The van der Waals surface area contributed by atoms with E-state index in [9.17, 15) is 0 Å². The molecule has 2 aromatic rings. The first-order chi connectivity index (χ1) is 10.1. The predicted molar refractivity (Wildman–Crippen MR) is 89.3 cm³/mol. The van der Waals surface area contributed by atoms with E-state index in [1.807, 2.05) is 36.4 Å². The van der Waals surface area contributed by atoms with Crippen molar-refractivity contribution >= 4 is 27.5 Å². The van der Waals surface area contributed by atoms with E-state index in [0.717, 1.165) is 15.6 Å². The highest BCUT2D eigenvalue weighted by molar-refractivity contribution is 9.10. The van der Waals surface area contributed by atoms with Crippen LogP contribution in [0.1, 0.15) is 17.2 Å². The zero-order valence-corrected chi connectivity index (χ0v) is 14.2. The van der Waals surface area contributed by atoms with Crippen LogP contribution in [0.3, 0.4) is 0 Å². The van der Waals surface area contributed by atoms with Gasteiger partial charge in [-0.05, 0) is 35.7 Å². The van der Waals surface area contributed by atoms with Crippen molar-refractivity contribution < 1.29 is 9.47 Å². The Hall–Kier alpha value is -1.23. The van der Waals surface area contributed by atoms with E-state index in [1.165, 1.54) is 0 Å². The van der Waals surface area contributed by atoms with Gasteiger partial charge in [-0.2, -0.15) is 0 Å². The fourth-order valence-electron chi connectivity index (χ4n) is 2.17. The molecule has 0 aromatic heterocycles. The Kier molecular flexibility index (Phi) is 5.51. The van der Waals surface area contributed by atoms with Crippen LogP contribution in [0.4, 0.5) is 0 Å². The summed E-state index contributed by atoms with van der Waals surface area (Å²) in [5.74, 6) is 1.11. The van der Waals surface area contributed by atoms with Crippen LogP contribution in [0.5, 0.6) is 11.5 Å². The molecule has 0 fully saturated rings. The summed E-state index contributed by atoms with van der Waals surface area (Å²) < 4.78 is 11.6. The molecule has 2 N–H and O–H groups in total. The monoisotopic (exact) mass is 369 g/mol. The lowest BCUT2D eigenvalue weighted by Gasteiger charge is -2.17. The Balaban J connectivity index is 2.29. The molecule has 0 bridgehead atoms. The first kappa shape index (κ1) is 16.1. The number of ether oxygens (including phenoxy) is 2. The summed E-state index contributed by atoms with van der Waals surface area (Å²) in [4.78, 5) is 0. The van der Waals surface area contributed by atoms with E-state index in [4.69, 9.17) is 26.8 Å². The maximum atomic E-state index is 6.30. The summed E-state index contributed by atoms with van der Waals surface area (Å²) >= 11 is 9.76. The van der Waals surface area contributed by atoms with Crippen molar-refractivity contribution in [3.63, 3.8) is 0 Å². The van der Waals surface area contributed by atoms with Crippen molar-refractivity contribution in [1.82, 2.24) is 0 Å². The van der Waals surface area contributed by atoms with E-state index in [2.05, 4.69) is 15.9 Å². The third kappa shape index (κ3) is 3.70. The van der Waals surface area contributed by atoms with Gasteiger partial charge in [0, 0.05) is 10.5 Å². The molecule has 0 aliphatic heterocycles. The molecule has 2 rings (SSSR count). The smallest absolute Gasteiger partial charge is 0.179 e. The van der Waals surface area contributed by atoms with Crippen molar-refractivity contribution in [3.8, 4) is 11.5 Å². The number of methoxy groups -OCH3 is 2. The average molecular weight is 371 g/mol. The Morgan fingerprint density at radius 2 is 1.90 bits per heavy atom. The fourth-order valence-corrected chi connectivity index (χ4v) is 2.91. The van der Waals surface area contributed by atoms with Gasteiger partial charge >= 0.3 is 0 Å². The van der Waals surface area contributed by atoms with Gasteiger partial charge in [0.1, 0.15) is 0 Å². The highest BCUT2D eigenvalue weighted by Crippen LogP contribution is 2.38. The molecule has 0 radical (unpaired) electrons. The van der Waals surface area contributed by atoms with Crippen LogP contribution >= 0.6 is 27.5 Å². The van der Waals surface area contributed by atoms with Crippen LogP contribution in [-0.4, -0.2) is 14.2 Å². The summed E-state index contributed by atoms with van der Waals surface area (Å²) in [6, 6.07) is 11.5. The molecule has 1 atom stereocenters. The zero-order chi connectivity index (χ0) is 15.4. The highest BCUT2D eigenvalue weighted by atomic mass is 79.9. The SMILES string of the molecule is COc1cc(C(N)Cc2ccccc2Br)cc(Cl)c1OC. The molecule has 0 amide bonds. The van der Waals surface area contributed by atoms with E-state index >= 15 is 0 Å². The molecule has 0 saturated heterocycles. The largest absolute Gasteiger partial charge is 0.493 e. The molecular formula is C16H17BrClNO2. The van der Waals surface area contributed by atoms with Crippen molar-refractivity contribution in [2.75, 3.05) is 14.2 Å². The second-order valence-electron chi connectivity index (χ2n) is 4.64. The van der Waals surface area contributed by atoms with E-state index in [-0.39, 0.29) is 6.04 Å². The fraction of sp³-hybridized carbons (Fsp3) is 0.250. The molecule has 0 aliphatic carbocycles. The van der Waals surface area contributed by atoms with Crippen molar-refractivity contribution in [1.29, 1.82) is 0 Å².